The summed E-state index contributed by atoms with van der Waals surface area (Å²) >= 11 is 15.2. The molecule has 4 rings (SSSR count). The summed E-state index contributed by atoms with van der Waals surface area (Å²) in [5.74, 6) is 0.556. The molecule has 9 heteroatoms. The Hall–Kier alpha value is -2.19. The van der Waals surface area contributed by atoms with Crippen molar-refractivity contribution in [2.75, 3.05) is 0 Å². The summed E-state index contributed by atoms with van der Waals surface area (Å²) in [6.07, 6.45) is 7.10. The Morgan fingerprint density at radius 1 is 1.14 bits per heavy atom. The smallest absolute Gasteiger partial charge is 0.267 e. The second-order valence-corrected chi connectivity index (χ2v) is 8.68. The van der Waals surface area contributed by atoms with Crippen molar-refractivity contribution in [1.82, 2.24) is 19.6 Å². The summed E-state index contributed by atoms with van der Waals surface area (Å²) in [7, 11) is 0. The molecule has 0 amide bonds. The summed E-state index contributed by atoms with van der Waals surface area (Å²) in [4.78, 5) is 21.5. The molecule has 0 saturated carbocycles. The van der Waals surface area contributed by atoms with Gasteiger partial charge in [0.1, 0.15) is 0 Å². The third-order valence-corrected chi connectivity index (χ3v) is 6.56. The maximum Gasteiger partial charge on any atom is 0.275 e. The Morgan fingerprint density at radius 3 is 2.71 bits per heavy atom. The van der Waals surface area contributed by atoms with Gasteiger partial charge in [0.05, 0.1) is 5.69 Å². The summed E-state index contributed by atoms with van der Waals surface area (Å²) < 4.78 is 2.02. The van der Waals surface area contributed by atoms with Gasteiger partial charge in [-0.25, -0.2) is 4.98 Å². The predicted molar refractivity (Wildman–Crippen MR) is 116 cm³/mol. The van der Waals surface area contributed by atoms with Crippen molar-refractivity contribution in [2.45, 2.75) is 10.1 Å². The molecule has 140 valence electrons. The number of rotatable bonds is 5. The van der Waals surface area contributed by atoms with Crippen molar-refractivity contribution in [3.05, 3.63) is 86.0 Å². The number of benzene rings is 1. The van der Waals surface area contributed by atoms with Gasteiger partial charge in [-0.2, -0.15) is 4.52 Å². The Kier molecular flexibility index (Phi) is 5.77. The SMILES string of the molecule is O=c1cc(C=Cc2cccnc2)nc2sc(SCc3c(Cl)cccc3Cl)nn12. The number of nitrogens with zero attached hydrogens (tertiary/aromatic N) is 4. The highest BCUT2D eigenvalue weighted by atomic mass is 35.5. The van der Waals surface area contributed by atoms with Crippen molar-refractivity contribution in [2.24, 2.45) is 0 Å². The lowest BCUT2D eigenvalue weighted by Crippen LogP contribution is -2.14. The second-order valence-electron chi connectivity index (χ2n) is 5.69. The van der Waals surface area contributed by atoms with Crippen LogP contribution in [0.25, 0.3) is 17.1 Å². The first-order valence-electron chi connectivity index (χ1n) is 8.15. The van der Waals surface area contributed by atoms with Crippen molar-refractivity contribution in [3.8, 4) is 0 Å². The molecule has 0 bridgehead atoms. The highest BCUT2D eigenvalue weighted by Gasteiger charge is 2.11. The molecule has 4 aromatic rings. The molecule has 3 aromatic heterocycles. The van der Waals surface area contributed by atoms with E-state index in [2.05, 4.69) is 15.1 Å². The van der Waals surface area contributed by atoms with Crippen LogP contribution in [0.1, 0.15) is 16.8 Å². The van der Waals surface area contributed by atoms with E-state index in [4.69, 9.17) is 23.2 Å². The quantitative estimate of drug-likeness (QED) is 0.388. The fraction of sp³-hybridized carbons (Fsp3) is 0.0526. The molecule has 28 heavy (non-hydrogen) atoms. The van der Waals surface area contributed by atoms with Crippen LogP contribution >= 0.6 is 46.3 Å². The van der Waals surface area contributed by atoms with Crippen LogP contribution < -0.4 is 5.56 Å². The van der Waals surface area contributed by atoms with E-state index in [-0.39, 0.29) is 5.56 Å². The fourth-order valence-electron chi connectivity index (χ4n) is 2.41. The number of fused-ring (bicyclic) bond motifs is 1. The van der Waals surface area contributed by atoms with Crippen molar-refractivity contribution in [3.63, 3.8) is 0 Å². The monoisotopic (exact) mass is 446 g/mol. The molecule has 0 unspecified atom stereocenters. The predicted octanol–water partition coefficient (Wildman–Crippen LogP) is 5.32. The first-order valence-corrected chi connectivity index (χ1v) is 10.7. The average molecular weight is 447 g/mol. The van der Waals surface area contributed by atoms with Crippen LogP contribution in [-0.2, 0) is 5.75 Å². The summed E-state index contributed by atoms with van der Waals surface area (Å²) in [6.45, 7) is 0. The maximum absolute atomic E-state index is 12.4. The van der Waals surface area contributed by atoms with Crippen molar-refractivity contribution >= 4 is 63.4 Å². The van der Waals surface area contributed by atoms with Crippen LogP contribution in [0, 0.1) is 0 Å². The van der Waals surface area contributed by atoms with E-state index in [1.807, 2.05) is 18.2 Å². The summed E-state index contributed by atoms with van der Waals surface area (Å²) in [5, 5.41) is 5.57. The topological polar surface area (TPSA) is 60.2 Å². The molecule has 0 spiro atoms. The molecule has 0 aliphatic rings. The van der Waals surface area contributed by atoms with Gasteiger partial charge in [0, 0.05) is 34.3 Å². The number of aromatic nitrogens is 4. The van der Waals surface area contributed by atoms with E-state index in [1.54, 1.807) is 36.7 Å². The van der Waals surface area contributed by atoms with Crippen molar-refractivity contribution < 1.29 is 0 Å². The largest absolute Gasteiger partial charge is 0.275 e. The van der Waals surface area contributed by atoms with E-state index in [9.17, 15) is 4.79 Å². The number of hydrogen-bond acceptors (Lipinski definition) is 6. The molecule has 1 aromatic carbocycles. The lowest BCUT2D eigenvalue weighted by molar-refractivity contribution is 0.855. The van der Waals surface area contributed by atoms with Gasteiger partial charge in [0.2, 0.25) is 4.96 Å². The Bertz CT molecular complexity index is 1200. The zero-order valence-electron chi connectivity index (χ0n) is 14.3. The molecule has 0 fully saturated rings. The molecular formula is C19H12Cl2N4OS2. The van der Waals surface area contributed by atoms with E-state index in [1.165, 1.54) is 33.7 Å². The summed E-state index contributed by atoms with van der Waals surface area (Å²) in [6, 6.07) is 10.6. The third-order valence-electron chi connectivity index (χ3n) is 3.78. The minimum atomic E-state index is -0.227. The zero-order valence-corrected chi connectivity index (χ0v) is 17.4. The number of thioether (sulfide) groups is 1. The van der Waals surface area contributed by atoms with Gasteiger partial charge in [-0.1, -0.05) is 64.5 Å². The van der Waals surface area contributed by atoms with Crippen LogP contribution in [0.5, 0.6) is 0 Å². The Labute approximate surface area is 178 Å². The van der Waals surface area contributed by atoms with E-state index in [0.717, 1.165) is 11.1 Å². The zero-order chi connectivity index (χ0) is 19.5. The van der Waals surface area contributed by atoms with Gasteiger partial charge >= 0.3 is 0 Å². The minimum Gasteiger partial charge on any atom is -0.267 e. The second kappa shape index (κ2) is 8.45. The Morgan fingerprint density at radius 2 is 1.96 bits per heavy atom. The molecule has 0 saturated heterocycles. The molecule has 0 atom stereocenters. The first kappa shape index (κ1) is 19.1. The standard InChI is InChI=1S/C19H12Cl2N4OS2/c20-15-4-1-5-16(21)14(15)11-27-19-24-25-17(26)9-13(23-18(25)28-19)7-6-12-3-2-8-22-10-12/h1-10H,11H2. The van der Waals surface area contributed by atoms with Crippen LogP contribution in [0.2, 0.25) is 10.0 Å². The fourth-order valence-corrected chi connectivity index (χ4v) is 5.11. The van der Waals surface area contributed by atoms with Gasteiger partial charge in [0.25, 0.3) is 5.56 Å². The van der Waals surface area contributed by atoms with E-state index >= 15 is 0 Å². The van der Waals surface area contributed by atoms with Gasteiger partial charge in [0.15, 0.2) is 4.34 Å². The number of pyridine rings is 1. The minimum absolute atomic E-state index is 0.227. The van der Waals surface area contributed by atoms with Gasteiger partial charge in [-0.05, 0) is 35.4 Å². The molecule has 5 nitrogen and oxygen atoms in total. The molecular weight excluding hydrogens is 435 g/mol. The van der Waals surface area contributed by atoms with Crippen LogP contribution in [0.15, 0.2) is 57.9 Å². The number of hydrogen-bond donors (Lipinski definition) is 0. The molecule has 0 N–H and O–H groups in total. The highest BCUT2D eigenvalue weighted by molar-refractivity contribution is 8.00. The van der Waals surface area contributed by atoms with Crippen LogP contribution in [0.4, 0.5) is 0 Å². The van der Waals surface area contributed by atoms with E-state index in [0.29, 0.717) is 30.8 Å². The maximum atomic E-state index is 12.4. The van der Waals surface area contributed by atoms with Crippen LogP contribution in [-0.4, -0.2) is 19.6 Å². The lowest BCUT2D eigenvalue weighted by atomic mass is 10.2. The normalized spacial score (nSPS) is 11.5. The highest BCUT2D eigenvalue weighted by Crippen LogP contribution is 2.32. The lowest BCUT2D eigenvalue weighted by Gasteiger charge is -2.04. The molecule has 0 aliphatic heterocycles. The van der Waals surface area contributed by atoms with Crippen LogP contribution in [0.3, 0.4) is 0 Å². The van der Waals surface area contributed by atoms with E-state index < -0.39 is 0 Å². The average Bonchev–Trinajstić information content (AvgIpc) is 3.10. The van der Waals surface area contributed by atoms with Crippen molar-refractivity contribution in [1.29, 1.82) is 0 Å². The molecule has 3 heterocycles. The summed E-state index contributed by atoms with van der Waals surface area (Å²) in [5.41, 5.74) is 2.12. The molecule has 0 radical (unpaired) electrons. The molecule has 0 aliphatic carbocycles. The van der Waals surface area contributed by atoms with Gasteiger partial charge < -0.3 is 0 Å². The third kappa shape index (κ3) is 4.28. The number of halogens is 2. The van der Waals surface area contributed by atoms with Gasteiger partial charge in [-0.15, -0.1) is 5.10 Å². The first-order chi connectivity index (χ1) is 13.6. The van der Waals surface area contributed by atoms with Gasteiger partial charge in [-0.3, -0.25) is 9.78 Å². The Balaban J connectivity index is 1.58.